The van der Waals surface area contributed by atoms with E-state index in [1.54, 1.807) is 0 Å². The highest BCUT2D eigenvalue weighted by Gasteiger charge is 2.35. The van der Waals surface area contributed by atoms with Crippen LogP contribution in [0.25, 0.3) is 0 Å². The molecule has 110 valence electrons. The van der Waals surface area contributed by atoms with E-state index in [0.29, 0.717) is 0 Å². The zero-order chi connectivity index (χ0) is 15.0. The average molecular weight is 289 g/mol. The highest BCUT2D eigenvalue weighted by molar-refractivity contribution is 6.71. The van der Waals surface area contributed by atoms with Gasteiger partial charge in [-0.3, -0.25) is 0 Å². The highest BCUT2D eigenvalue weighted by Crippen LogP contribution is 2.24. The topological polar surface area (TPSA) is 6.48 Å². The standard InChI is InChI=1S/C17H28N2Si/c1-16(2,3)18-12-13-19(17(4,5)6)20(14-18)15-10-8-7-9-11-15/h7-13,20H,14H2,1-6H3. The second kappa shape index (κ2) is 5.28. The molecule has 3 heteroatoms. The van der Waals surface area contributed by atoms with Gasteiger partial charge in [-0.05, 0) is 46.7 Å². The maximum Gasteiger partial charge on any atom is 0.191 e. The lowest BCUT2D eigenvalue weighted by atomic mass is 10.1. The molecule has 0 radical (unpaired) electrons. The molecule has 1 aromatic carbocycles. The first-order chi connectivity index (χ1) is 9.19. The molecule has 1 atom stereocenters. The predicted molar refractivity (Wildman–Crippen MR) is 90.4 cm³/mol. The summed E-state index contributed by atoms with van der Waals surface area (Å²) in [4.78, 5) is 2.50. The van der Waals surface area contributed by atoms with Crippen LogP contribution in [0.4, 0.5) is 0 Å². The molecule has 1 aromatic rings. The van der Waals surface area contributed by atoms with Gasteiger partial charge in [-0.1, -0.05) is 30.3 Å². The number of nitrogens with zero attached hydrogens (tertiary/aromatic N) is 2. The van der Waals surface area contributed by atoms with Crippen LogP contribution < -0.4 is 5.19 Å². The van der Waals surface area contributed by atoms with E-state index in [1.807, 2.05) is 0 Å². The van der Waals surface area contributed by atoms with Crippen LogP contribution in [0.15, 0.2) is 42.7 Å². The van der Waals surface area contributed by atoms with E-state index < -0.39 is 8.96 Å². The third kappa shape index (κ3) is 3.26. The molecule has 2 nitrogen and oxygen atoms in total. The Balaban J connectivity index is 2.37. The van der Waals surface area contributed by atoms with E-state index >= 15 is 0 Å². The van der Waals surface area contributed by atoms with Gasteiger partial charge in [0.2, 0.25) is 0 Å². The van der Waals surface area contributed by atoms with Crippen LogP contribution in [0.1, 0.15) is 41.5 Å². The number of hydrogen-bond acceptors (Lipinski definition) is 2. The van der Waals surface area contributed by atoms with Gasteiger partial charge in [0, 0.05) is 29.6 Å². The smallest absolute Gasteiger partial charge is 0.191 e. The molecule has 1 unspecified atom stereocenters. The summed E-state index contributed by atoms with van der Waals surface area (Å²) in [5.41, 5.74) is 0.383. The number of hydrogen-bond donors (Lipinski definition) is 0. The lowest BCUT2D eigenvalue weighted by molar-refractivity contribution is 0.206. The second-order valence-corrected chi connectivity index (χ2v) is 10.2. The van der Waals surface area contributed by atoms with E-state index in [1.165, 1.54) is 11.4 Å². The molecule has 1 heterocycles. The van der Waals surface area contributed by atoms with Crippen molar-refractivity contribution in [3.8, 4) is 0 Å². The second-order valence-electron chi connectivity index (χ2n) is 7.63. The van der Waals surface area contributed by atoms with Gasteiger partial charge in [-0.2, -0.15) is 0 Å². The Kier molecular flexibility index (Phi) is 4.01. The molecule has 0 spiro atoms. The fourth-order valence-electron chi connectivity index (χ4n) is 2.72. The molecule has 0 saturated carbocycles. The largest absolute Gasteiger partial charge is 0.395 e. The monoisotopic (exact) mass is 288 g/mol. The molecule has 0 bridgehead atoms. The number of rotatable bonds is 1. The number of benzene rings is 1. The van der Waals surface area contributed by atoms with Gasteiger partial charge in [0.05, 0.1) is 0 Å². The normalized spacial score (nSPS) is 20.4. The molecule has 1 aliphatic heterocycles. The van der Waals surface area contributed by atoms with Crippen LogP contribution in [0.5, 0.6) is 0 Å². The molecule has 20 heavy (non-hydrogen) atoms. The van der Waals surface area contributed by atoms with Gasteiger partial charge >= 0.3 is 0 Å². The van der Waals surface area contributed by atoms with Crippen molar-refractivity contribution in [2.75, 3.05) is 6.17 Å². The third-order valence-electron chi connectivity index (χ3n) is 3.93. The molecule has 0 aliphatic carbocycles. The zero-order valence-electron chi connectivity index (χ0n) is 13.7. The van der Waals surface area contributed by atoms with Crippen molar-refractivity contribution in [2.24, 2.45) is 0 Å². The minimum Gasteiger partial charge on any atom is -0.395 e. The summed E-state index contributed by atoms with van der Waals surface area (Å²) in [6.45, 7) is 13.8. The Hall–Kier alpha value is -1.22. The molecule has 0 saturated heterocycles. The lowest BCUT2D eigenvalue weighted by Gasteiger charge is -2.49. The molecular formula is C17H28N2Si. The van der Waals surface area contributed by atoms with Crippen molar-refractivity contribution < 1.29 is 0 Å². The predicted octanol–water partition coefficient (Wildman–Crippen LogP) is 2.84. The van der Waals surface area contributed by atoms with E-state index in [2.05, 4.69) is 93.7 Å². The van der Waals surface area contributed by atoms with Crippen LogP contribution >= 0.6 is 0 Å². The van der Waals surface area contributed by atoms with Crippen molar-refractivity contribution in [3.05, 3.63) is 42.7 Å². The summed E-state index contributed by atoms with van der Waals surface area (Å²) < 4.78 is 2.62. The minimum atomic E-state index is -1.21. The summed E-state index contributed by atoms with van der Waals surface area (Å²) in [6, 6.07) is 11.1. The molecule has 2 rings (SSSR count). The molecule has 0 fully saturated rings. The quantitative estimate of drug-likeness (QED) is 0.733. The van der Waals surface area contributed by atoms with Crippen molar-refractivity contribution in [3.63, 3.8) is 0 Å². The van der Waals surface area contributed by atoms with Gasteiger partial charge in [-0.15, -0.1) is 0 Å². The summed E-state index contributed by atoms with van der Waals surface area (Å²) in [5.74, 6) is 0. The zero-order valence-corrected chi connectivity index (χ0v) is 14.9. The fourth-order valence-corrected chi connectivity index (χ4v) is 6.36. The third-order valence-corrected chi connectivity index (χ3v) is 7.45. The SMILES string of the molecule is CC(C)(C)N1C=CN(C(C)(C)C)[SiH](c2ccccc2)C1. The minimum absolute atomic E-state index is 0.188. The van der Waals surface area contributed by atoms with Crippen LogP contribution in [-0.2, 0) is 0 Å². The van der Waals surface area contributed by atoms with Gasteiger partial charge in [-0.25, -0.2) is 0 Å². The maximum atomic E-state index is 2.62. The summed E-state index contributed by atoms with van der Waals surface area (Å²) >= 11 is 0. The molecular weight excluding hydrogens is 260 g/mol. The first-order valence-electron chi connectivity index (χ1n) is 7.48. The van der Waals surface area contributed by atoms with Gasteiger partial charge in [0.15, 0.2) is 8.96 Å². The van der Waals surface area contributed by atoms with Gasteiger partial charge in [0.25, 0.3) is 0 Å². The molecule has 0 amide bonds. The Morgan fingerprint density at radius 1 is 0.850 bits per heavy atom. The average Bonchev–Trinajstić information content (AvgIpc) is 2.37. The summed E-state index contributed by atoms with van der Waals surface area (Å²) in [5, 5.41) is 1.53. The highest BCUT2D eigenvalue weighted by atomic mass is 28.3. The van der Waals surface area contributed by atoms with Crippen LogP contribution in [0.2, 0.25) is 0 Å². The van der Waals surface area contributed by atoms with Crippen LogP contribution in [0, 0.1) is 0 Å². The summed E-state index contributed by atoms with van der Waals surface area (Å²) in [6.07, 6.45) is 5.76. The van der Waals surface area contributed by atoms with E-state index in [-0.39, 0.29) is 11.1 Å². The Morgan fingerprint density at radius 3 is 1.95 bits per heavy atom. The van der Waals surface area contributed by atoms with Crippen molar-refractivity contribution in [1.29, 1.82) is 0 Å². The first-order valence-corrected chi connectivity index (χ1v) is 9.39. The van der Waals surface area contributed by atoms with Crippen molar-refractivity contribution in [1.82, 2.24) is 9.47 Å². The maximum absolute atomic E-state index is 2.62. The summed E-state index contributed by atoms with van der Waals surface area (Å²) in [7, 11) is -1.21. The Morgan fingerprint density at radius 2 is 1.45 bits per heavy atom. The fraction of sp³-hybridized carbons (Fsp3) is 0.529. The van der Waals surface area contributed by atoms with Crippen molar-refractivity contribution in [2.45, 2.75) is 52.6 Å². The molecule has 0 N–H and O–H groups in total. The van der Waals surface area contributed by atoms with Gasteiger partial charge in [0.1, 0.15) is 0 Å². The van der Waals surface area contributed by atoms with E-state index in [0.717, 1.165) is 0 Å². The van der Waals surface area contributed by atoms with Gasteiger partial charge < -0.3 is 9.47 Å². The van der Waals surface area contributed by atoms with Crippen LogP contribution in [-0.4, -0.2) is 35.7 Å². The molecule has 1 aliphatic rings. The lowest BCUT2D eigenvalue weighted by Crippen LogP contribution is -2.62. The van der Waals surface area contributed by atoms with E-state index in [4.69, 9.17) is 0 Å². The Bertz CT molecular complexity index is 468. The Labute approximate surface area is 125 Å². The molecule has 0 aromatic heterocycles. The van der Waals surface area contributed by atoms with Crippen LogP contribution in [0.3, 0.4) is 0 Å². The van der Waals surface area contributed by atoms with Crippen molar-refractivity contribution >= 4 is 14.1 Å². The van der Waals surface area contributed by atoms with E-state index in [9.17, 15) is 0 Å². The first kappa shape index (κ1) is 15.2.